The fourth-order valence-electron chi connectivity index (χ4n) is 1.52. The van der Waals surface area contributed by atoms with Crippen LogP contribution in [0, 0.1) is 17.2 Å². The molecular formula is C12H13BrN2O. The molecular weight excluding hydrogens is 268 g/mol. The predicted octanol–water partition coefficient (Wildman–Crippen LogP) is 2.86. The van der Waals surface area contributed by atoms with E-state index in [0.717, 1.165) is 16.4 Å². The van der Waals surface area contributed by atoms with E-state index in [1.807, 2.05) is 31.0 Å². The Morgan fingerprint density at radius 3 is 2.88 bits per heavy atom. The molecule has 0 N–H and O–H groups in total. The number of hydrogen-bond acceptors (Lipinski definition) is 3. The van der Waals surface area contributed by atoms with Crippen molar-refractivity contribution >= 4 is 27.9 Å². The molecule has 0 amide bonds. The van der Waals surface area contributed by atoms with Crippen LogP contribution in [0.4, 0.5) is 5.69 Å². The zero-order valence-corrected chi connectivity index (χ0v) is 10.9. The average molecular weight is 281 g/mol. The molecule has 0 bridgehead atoms. The summed E-state index contributed by atoms with van der Waals surface area (Å²) in [7, 11) is 1.88. The predicted molar refractivity (Wildman–Crippen MR) is 67.6 cm³/mol. The van der Waals surface area contributed by atoms with Crippen LogP contribution in [0.15, 0.2) is 22.7 Å². The van der Waals surface area contributed by atoms with Crippen LogP contribution in [0.2, 0.25) is 0 Å². The Morgan fingerprint density at radius 1 is 1.62 bits per heavy atom. The standard InChI is InChI=1S/C12H13BrN2O/c1-9(6-14)7-15(2)12-4-3-11(13)5-10(12)8-16/h3-5,8-9H,7H2,1-2H3. The molecule has 84 valence electrons. The fourth-order valence-corrected chi connectivity index (χ4v) is 1.90. The number of carbonyl (C=O) groups is 1. The van der Waals surface area contributed by atoms with Gasteiger partial charge in [-0.3, -0.25) is 4.79 Å². The second kappa shape index (κ2) is 5.66. The van der Waals surface area contributed by atoms with Crippen molar-refractivity contribution in [3.05, 3.63) is 28.2 Å². The van der Waals surface area contributed by atoms with Crippen molar-refractivity contribution in [3.8, 4) is 6.07 Å². The van der Waals surface area contributed by atoms with Gasteiger partial charge in [0, 0.05) is 29.3 Å². The Hall–Kier alpha value is -1.34. The molecule has 1 rings (SSSR count). The monoisotopic (exact) mass is 280 g/mol. The highest BCUT2D eigenvalue weighted by atomic mass is 79.9. The van der Waals surface area contributed by atoms with Gasteiger partial charge in [-0.25, -0.2) is 0 Å². The number of nitrogens with zero attached hydrogens (tertiary/aromatic N) is 2. The molecule has 0 aliphatic heterocycles. The van der Waals surface area contributed by atoms with Gasteiger partial charge in [-0.1, -0.05) is 15.9 Å². The number of rotatable bonds is 4. The van der Waals surface area contributed by atoms with Crippen molar-refractivity contribution in [1.29, 1.82) is 5.26 Å². The van der Waals surface area contributed by atoms with Gasteiger partial charge in [0.2, 0.25) is 0 Å². The molecule has 1 aromatic rings. The third kappa shape index (κ3) is 3.07. The maximum atomic E-state index is 10.9. The number of anilines is 1. The van der Waals surface area contributed by atoms with E-state index >= 15 is 0 Å². The van der Waals surface area contributed by atoms with Crippen LogP contribution in [0.25, 0.3) is 0 Å². The summed E-state index contributed by atoms with van der Waals surface area (Å²) in [5.74, 6) is -0.0619. The van der Waals surface area contributed by atoms with Crippen LogP contribution >= 0.6 is 15.9 Å². The molecule has 1 atom stereocenters. The van der Waals surface area contributed by atoms with Gasteiger partial charge < -0.3 is 4.90 Å². The molecule has 1 aromatic carbocycles. The van der Waals surface area contributed by atoms with Crippen molar-refractivity contribution in [2.45, 2.75) is 6.92 Å². The van der Waals surface area contributed by atoms with Gasteiger partial charge in [0.15, 0.2) is 6.29 Å². The van der Waals surface area contributed by atoms with E-state index in [-0.39, 0.29) is 5.92 Å². The molecule has 16 heavy (non-hydrogen) atoms. The maximum absolute atomic E-state index is 10.9. The third-order valence-electron chi connectivity index (χ3n) is 2.30. The zero-order valence-electron chi connectivity index (χ0n) is 9.27. The number of nitriles is 1. The SMILES string of the molecule is CC(C#N)CN(C)c1ccc(Br)cc1C=O. The van der Waals surface area contributed by atoms with E-state index < -0.39 is 0 Å². The van der Waals surface area contributed by atoms with Crippen molar-refractivity contribution in [3.63, 3.8) is 0 Å². The van der Waals surface area contributed by atoms with Crippen LogP contribution in [0.5, 0.6) is 0 Å². The first-order valence-electron chi connectivity index (χ1n) is 4.94. The Morgan fingerprint density at radius 2 is 2.31 bits per heavy atom. The fraction of sp³-hybridized carbons (Fsp3) is 0.333. The van der Waals surface area contributed by atoms with E-state index in [2.05, 4.69) is 22.0 Å². The topological polar surface area (TPSA) is 44.1 Å². The van der Waals surface area contributed by atoms with Crippen molar-refractivity contribution in [1.82, 2.24) is 0 Å². The van der Waals surface area contributed by atoms with Gasteiger partial charge in [0.1, 0.15) is 0 Å². The highest BCUT2D eigenvalue weighted by Gasteiger charge is 2.10. The molecule has 0 heterocycles. The summed E-state index contributed by atoms with van der Waals surface area (Å²) < 4.78 is 0.875. The number of benzene rings is 1. The molecule has 1 unspecified atom stereocenters. The molecule has 4 heteroatoms. The van der Waals surface area contributed by atoms with Gasteiger partial charge in [0.05, 0.1) is 12.0 Å². The summed E-state index contributed by atoms with van der Waals surface area (Å²) in [5, 5.41) is 8.75. The Labute approximate surface area is 104 Å². The summed E-state index contributed by atoms with van der Waals surface area (Å²) in [4.78, 5) is 12.8. The minimum atomic E-state index is -0.0619. The van der Waals surface area contributed by atoms with Crippen LogP contribution in [-0.2, 0) is 0 Å². The van der Waals surface area contributed by atoms with Crippen LogP contribution in [-0.4, -0.2) is 19.9 Å². The van der Waals surface area contributed by atoms with E-state index in [4.69, 9.17) is 5.26 Å². The number of hydrogen-bond donors (Lipinski definition) is 0. The van der Waals surface area contributed by atoms with E-state index in [0.29, 0.717) is 12.1 Å². The van der Waals surface area contributed by atoms with E-state index in [9.17, 15) is 4.79 Å². The first kappa shape index (κ1) is 12.7. The van der Waals surface area contributed by atoms with E-state index in [1.54, 1.807) is 6.07 Å². The number of halogens is 1. The Balaban J connectivity index is 2.95. The second-order valence-corrected chi connectivity index (χ2v) is 4.65. The lowest BCUT2D eigenvalue weighted by Crippen LogP contribution is -2.24. The summed E-state index contributed by atoms with van der Waals surface area (Å²) in [6.45, 7) is 2.47. The van der Waals surface area contributed by atoms with Gasteiger partial charge in [-0.05, 0) is 25.1 Å². The van der Waals surface area contributed by atoms with Crippen LogP contribution in [0.1, 0.15) is 17.3 Å². The lowest BCUT2D eigenvalue weighted by Gasteiger charge is -2.22. The second-order valence-electron chi connectivity index (χ2n) is 3.73. The Kier molecular flexibility index (Phi) is 4.51. The van der Waals surface area contributed by atoms with Crippen LogP contribution < -0.4 is 4.90 Å². The molecule has 0 radical (unpaired) electrons. The van der Waals surface area contributed by atoms with Crippen molar-refractivity contribution in [2.75, 3.05) is 18.5 Å². The van der Waals surface area contributed by atoms with Gasteiger partial charge >= 0.3 is 0 Å². The normalized spacial score (nSPS) is 11.6. The molecule has 0 saturated carbocycles. The molecule has 0 spiro atoms. The molecule has 0 aromatic heterocycles. The minimum Gasteiger partial charge on any atom is -0.373 e. The Bertz CT molecular complexity index is 426. The summed E-state index contributed by atoms with van der Waals surface area (Å²) >= 11 is 3.32. The van der Waals surface area contributed by atoms with Crippen molar-refractivity contribution < 1.29 is 4.79 Å². The molecule has 0 aliphatic carbocycles. The number of carbonyl (C=O) groups excluding carboxylic acids is 1. The highest BCUT2D eigenvalue weighted by Crippen LogP contribution is 2.23. The average Bonchev–Trinajstić information content (AvgIpc) is 2.28. The largest absolute Gasteiger partial charge is 0.373 e. The highest BCUT2D eigenvalue weighted by molar-refractivity contribution is 9.10. The summed E-state index contributed by atoms with van der Waals surface area (Å²) in [6.07, 6.45) is 0.827. The molecule has 0 saturated heterocycles. The molecule has 3 nitrogen and oxygen atoms in total. The van der Waals surface area contributed by atoms with Gasteiger partial charge in [0.25, 0.3) is 0 Å². The first-order chi connectivity index (χ1) is 7.58. The molecule has 0 fully saturated rings. The summed E-state index contributed by atoms with van der Waals surface area (Å²) in [5.41, 5.74) is 1.47. The quantitative estimate of drug-likeness (QED) is 0.797. The summed E-state index contributed by atoms with van der Waals surface area (Å²) in [6, 6.07) is 7.71. The lowest BCUT2D eigenvalue weighted by atomic mass is 10.1. The first-order valence-corrected chi connectivity index (χ1v) is 5.73. The number of aldehydes is 1. The van der Waals surface area contributed by atoms with Crippen molar-refractivity contribution in [2.24, 2.45) is 5.92 Å². The minimum absolute atomic E-state index is 0.0619. The van der Waals surface area contributed by atoms with Gasteiger partial charge in [-0.2, -0.15) is 5.26 Å². The smallest absolute Gasteiger partial charge is 0.152 e. The lowest BCUT2D eigenvalue weighted by molar-refractivity contribution is 0.112. The van der Waals surface area contributed by atoms with Gasteiger partial charge in [-0.15, -0.1) is 0 Å². The van der Waals surface area contributed by atoms with Crippen LogP contribution in [0.3, 0.4) is 0 Å². The zero-order chi connectivity index (χ0) is 12.1. The molecule has 0 aliphatic rings. The third-order valence-corrected chi connectivity index (χ3v) is 2.79. The maximum Gasteiger partial charge on any atom is 0.152 e. The van der Waals surface area contributed by atoms with E-state index in [1.165, 1.54) is 0 Å².